The second-order valence-electron chi connectivity index (χ2n) is 9.82. The molecule has 3 heterocycles. The van der Waals surface area contributed by atoms with E-state index in [2.05, 4.69) is 56.5 Å². The van der Waals surface area contributed by atoms with Crippen molar-refractivity contribution in [2.45, 2.75) is 32.1 Å². The van der Waals surface area contributed by atoms with Crippen LogP contribution < -0.4 is 10.2 Å². The molecule has 1 saturated heterocycles. The molecule has 2 fully saturated rings. The van der Waals surface area contributed by atoms with E-state index < -0.39 is 0 Å². The van der Waals surface area contributed by atoms with Crippen LogP contribution in [0, 0.1) is 5.92 Å². The highest BCUT2D eigenvalue weighted by Crippen LogP contribution is 2.31. The quantitative estimate of drug-likeness (QED) is 0.313. The van der Waals surface area contributed by atoms with Crippen molar-refractivity contribution < 1.29 is 4.79 Å². The van der Waals surface area contributed by atoms with Crippen LogP contribution in [0.15, 0.2) is 59.6 Å². The number of piperazine rings is 1. The molecular formula is C28H31N5OS2. The van der Waals surface area contributed by atoms with Gasteiger partial charge < -0.3 is 4.90 Å². The average Bonchev–Trinajstić information content (AvgIpc) is 3.52. The van der Waals surface area contributed by atoms with Gasteiger partial charge in [-0.15, -0.1) is 11.3 Å². The van der Waals surface area contributed by atoms with Crippen molar-refractivity contribution in [1.29, 1.82) is 0 Å². The van der Waals surface area contributed by atoms with Crippen LogP contribution in [0.4, 0.5) is 15.6 Å². The Morgan fingerprint density at radius 3 is 2.56 bits per heavy atom. The zero-order valence-corrected chi connectivity index (χ0v) is 22.0. The van der Waals surface area contributed by atoms with E-state index in [1.807, 2.05) is 18.2 Å². The van der Waals surface area contributed by atoms with Gasteiger partial charge in [0.1, 0.15) is 5.82 Å². The molecule has 2 aromatic carbocycles. The molecule has 0 atom stereocenters. The molecule has 0 spiro atoms. The summed E-state index contributed by atoms with van der Waals surface area (Å²) in [7, 11) is 0. The van der Waals surface area contributed by atoms with E-state index in [4.69, 9.17) is 4.37 Å². The van der Waals surface area contributed by atoms with Gasteiger partial charge in [-0.1, -0.05) is 30.3 Å². The van der Waals surface area contributed by atoms with Crippen molar-refractivity contribution >= 4 is 65.6 Å². The Balaban J connectivity index is 0.934. The molecular weight excluding hydrogens is 486 g/mol. The Hall–Kier alpha value is -2.81. The fourth-order valence-electron chi connectivity index (χ4n) is 5.38. The summed E-state index contributed by atoms with van der Waals surface area (Å²) in [5.74, 6) is 1.89. The van der Waals surface area contributed by atoms with Crippen molar-refractivity contribution in [3.8, 4) is 0 Å². The predicted molar refractivity (Wildman–Crippen MR) is 153 cm³/mol. The third-order valence-electron chi connectivity index (χ3n) is 7.48. The second-order valence-corrected chi connectivity index (χ2v) is 11.7. The predicted octanol–water partition coefficient (Wildman–Crippen LogP) is 6.89. The zero-order valence-electron chi connectivity index (χ0n) is 20.4. The van der Waals surface area contributed by atoms with Crippen LogP contribution in [0.25, 0.3) is 20.2 Å². The van der Waals surface area contributed by atoms with Gasteiger partial charge in [-0.25, -0.2) is 9.79 Å². The molecule has 0 bridgehead atoms. The van der Waals surface area contributed by atoms with E-state index in [0.29, 0.717) is 0 Å². The average molecular weight is 518 g/mol. The summed E-state index contributed by atoms with van der Waals surface area (Å²) >= 11 is 3.20. The van der Waals surface area contributed by atoms with E-state index >= 15 is 0 Å². The molecule has 8 heteroatoms. The lowest BCUT2D eigenvalue weighted by molar-refractivity contribution is 0.230. The first-order chi connectivity index (χ1) is 17.7. The van der Waals surface area contributed by atoms with Crippen LogP contribution in [0.2, 0.25) is 0 Å². The molecule has 2 aromatic heterocycles. The van der Waals surface area contributed by atoms with Gasteiger partial charge in [0.15, 0.2) is 0 Å². The third kappa shape index (κ3) is 5.31. The number of urea groups is 1. The highest BCUT2D eigenvalue weighted by molar-refractivity contribution is 7.23. The van der Waals surface area contributed by atoms with Gasteiger partial charge in [0, 0.05) is 42.0 Å². The first-order valence-electron chi connectivity index (χ1n) is 12.9. The Morgan fingerprint density at radius 1 is 1.00 bits per heavy atom. The molecule has 36 heavy (non-hydrogen) atoms. The van der Waals surface area contributed by atoms with Gasteiger partial charge in [-0.05, 0) is 85.8 Å². The van der Waals surface area contributed by atoms with Crippen LogP contribution in [0.1, 0.15) is 32.1 Å². The monoisotopic (exact) mass is 517 g/mol. The Bertz CT molecular complexity index is 1340. The smallest absolute Gasteiger partial charge is 0.345 e. The maximum atomic E-state index is 12.4. The second kappa shape index (κ2) is 10.7. The highest BCUT2D eigenvalue weighted by Gasteiger charge is 2.23. The molecule has 0 radical (unpaired) electrons. The van der Waals surface area contributed by atoms with Gasteiger partial charge in [-0.3, -0.25) is 10.2 Å². The molecule has 1 saturated carbocycles. The number of nitrogens with one attached hydrogen (secondary N) is 1. The van der Waals surface area contributed by atoms with Gasteiger partial charge in [0.05, 0.1) is 9.70 Å². The van der Waals surface area contributed by atoms with E-state index in [1.165, 1.54) is 21.2 Å². The van der Waals surface area contributed by atoms with Crippen molar-refractivity contribution in [3.05, 3.63) is 54.6 Å². The number of amides is 2. The summed E-state index contributed by atoms with van der Waals surface area (Å²) in [5.41, 5.74) is 1.05. The van der Waals surface area contributed by atoms with Gasteiger partial charge in [-0.2, -0.15) is 4.37 Å². The normalized spacial score (nSPS) is 19.2. The summed E-state index contributed by atoms with van der Waals surface area (Å²) in [6.45, 7) is 5.45. The molecule has 4 aromatic rings. The number of carbonyl (C=O) groups is 1. The number of rotatable bonds is 5. The molecule has 1 aliphatic heterocycles. The molecule has 0 unspecified atom stereocenters. The maximum absolute atomic E-state index is 12.4. The fraction of sp³-hybridized carbons (Fsp3) is 0.393. The van der Waals surface area contributed by atoms with Crippen LogP contribution in [-0.4, -0.2) is 53.7 Å². The van der Waals surface area contributed by atoms with Crippen LogP contribution in [0.5, 0.6) is 0 Å². The van der Waals surface area contributed by atoms with Crippen LogP contribution in [-0.2, 0) is 0 Å². The van der Waals surface area contributed by atoms with Crippen LogP contribution in [0.3, 0.4) is 0 Å². The summed E-state index contributed by atoms with van der Waals surface area (Å²) in [6.07, 6.45) is 5.39. The van der Waals surface area contributed by atoms with E-state index in [1.54, 1.807) is 22.9 Å². The van der Waals surface area contributed by atoms with Crippen molar-refractivity contribution in [3.63, 3.8) is 0 Å². The number of thiophene rings is 1. The largest absolute Gasteiger partial charge is 0.353 e. The lowest BCUT2D eigenvalue weighted by Crippen LogP contribution is -2.47. The number of aromatic nitrogens is 1. The molecule has 6 nitrogen and oxygen atoms in total. The first kappa shape index (κ1) is 23.6. The SMILES string of the molecule is O=C(N=C1CCC(CCN2CCN(c3nsc4ccccc34)CC2)CC1)Nc1cc2ccccc2s1. The van der Waals surface area contributed by atoms with Crippen molar-refractivity contribution in [2.75, 3.05) is 42.9 Å². The minimum atomic E-state index is -0.235. The Morgan fingerprint density at radius 2 is 1.75 bits per heavy atom. The number of aliphatic imine (C=N–C) groups is 1. The molecule has 1 N–H and O–H groups in total. The number of hydrogen-bond donors (Lipinski definition) is 1. The standard InChI is InChI=1S/C28H31N5OS2/c34-28(30-26-19-21-5-1-3-7-24(21)35-26)29-22-11-9-20(10-12-22)13-14-32-15-17-33(18-16-32)27-23-6-2-4-8-25(23)36-31-27/h1-8,19-20H,9-18H2,(H,30,34). The molecule has 2 amide bonds. The minimum absolute atomic E-state index is 0.235. The Kier molecular flexibility index (Phi) is 6.98. The van der Waals surface area contributed by atoms with Crippen LogP contribution >= 0.6 is 22.9 Å². The molecule has 186 valence electrons. The lowest BCUT2D eigenvalue weighted by Gasteiger charge is -2.36. The summed E-state index contributed by atoms with van der Waals surface area (Å²) in [4.78, 5) is 21.9. The lowest BCUT2D eigenvalue weighted by atomic mass is 9.85. The Labute approximate surface area is 219 Å². The van der Waals surface area contributed by atoms with Gasteiger partial charge >= 0.3 is 6.03 Å². The number of benzene rings is 2. The molecule has 6 rings (SSSR count). The highest BCUT2D eigenvalue weighted by atomic mass is 32.1. The summed E-state index contributed by atoms with van der Waals surface area (Å²) in [6, 6.07) is 18.5. The minimum Gasteiger partial charge on any atom is -0.353 e. The van der Waals surface area contributed by atoms with Crippen molar-refractivity contribution in [2.24, 2.45) is 10.9 Å². The van der Waals surface area contributed by atoms with Gasteiger partial charge in [0.25, 0.3) is 0 Å². The molecule has 1 aliphatic carbocycles. The summed E-state index contributed by atoms with van der Waals surface area (Å²) < 4.78 is 7.18. The number of fused-ring (bicyclic) bond motifs is 2. The number of nitrogens with zero attached hydrogens (tertiary/aromatic N) is 4. The molecule has 2 aliphatic rings. The number of carbonyl (C=O) groups excluding carboxylic acids is 1. The maximum Gasteiger partial charge on any atom is 0.345 e. The fourth-order valence-corrected chi connectivity index (χ4v) is 7.13. The summed E-state index contributed by atoms with van der Waals surface area (Å²) in [5, 5.41) is 6.26. The van der Waals surface area contributed by atoms with Crippen molar-refractivity contribution in [1.82, 2.24) is 9.27 Å². The topological polar surface area (TPSA) is 60.8 Å². The van der Waals surface area contributed by atoms with E-state index in [0.717, 1.165) is 86.2 Å². The van der Waals surface area contributed by atoms with Gasteiger partial charge in [0.2, 0.25) is 0 Å². The first-order valence-corrected chi connectivity index (χ1v) is 14.5. The number of hydrogen-bond acceptors (Lipinski definition) is 6. The number of anilines is 2. The van der Waals surface area contributed by atoms with E-state index in [-0.39, 0.29) is 6.03 Å². The van der Waals surface area contributed by atoms with E-state index in [9.17, 15) is 4.79 Å². The zero-order chi connectivity index (χ0) is 24.3. The third-order valence-corrected chi connectivity index (χ3v) is 9.33.